The molecule has 36 heavy (non-hydrogen) atoms. The van der Waals surface area contributed by atoms with Crippen LogP contribution in [0.25, 0.3) is 5.76 Å². The van der Waals surface area contributed by atoms with E-state index in [2.05, 4.69) is 0 Å². The van der Waals surface area contributed by atoms with Gasteiger partial charge in [-0.3, -0.25) is 14.5 Å². The first-order valence-corrected chi connectivity index (χ1v) is 12.1. The van der Waals surface area contributed by atoms with Crippen LogP contribution < -0.4 is 14.4 Å². The van der Waals surface area contributed by atoms with E-state index in [0.717, 1.165) is 11.1 Å². The van der Waals surface area contributed by atoms with Crippen molar-refractivity contribution in [2.45, 2.75) is 39.7 Å². The first-order valence-electron chi connectivity index (χ1n) is 12.1. The molecule has 186 valence electrons. The molecule has 1 unspecified atom stereocenters. The number of hydrogen-bond donors (Lipinski definition) is 1. The monoisotopic (exact) mass is 485 g/mol. The average molecular weight is 486 g/mol. The van der Waals surface area contributed by atoms with Crippen molar-refractivity contribution in [2.75, 3.05) is 18.6 Å². The number of carbonyl (C=O) groups excluding carboxylic acids is 2. The highest BCUT2D eigenvalue weighted by Gasteiger charge is 2.47. The summed E-state index contributed by atoms with van der Waals surface area (Å²) < 4.78 is 11.2. The van der Waals surface area contributed by atoms with Gasteiger partial charge in [-0.2, -0.15) is 0 Å². The molecule has 0 saturated carbocycles. The molecule has 1 heterocycles. The zero-order chi connectivity index (χ0) is 26.0. The van der Waals surface area contributed by atoms with E-state index in [1.807, 2.05) is 82.3 Å². The quantitative estimate of drug-likeness (QED) is 0.247. The summed E-state index contributed by atoms with van der Waals surface area (Å²) in [5.41, 5.74) is 3.65. The lowest BCUT2D eigenvalue weighted by Gasteiger charge is -2.26. The molecule has 0 aliphatic carbocycles. The molecule has 6 nitrogen and oxygen atoms in total. The molecule has 1 N–H and O–H groups in total. The minimum absolute atomic E-state index is 0.0362. The molecular weight excluding hydrogens is 454 g/mol. The molecule has 0 bridgehead atoms. The standard InChI is InChI=1S/C30H31NO5/c1-6-36-23-9-7-8-20(16-23)27-26(28(32)21-12-15-25(35-5)24(17-21)18(2)3)29(33)30(34)31(27)22-13-10-19(4)11-14-22/h7-18,27,32H,6H2,1-5H3/b28-26+. The molecule has 1 aliphatic rings. The Labute approximate surface area is 211 Å². The molecule has 1 atom stereocenters. The summed E-state index contributed by atoms with van der Waals surface area (Å²) in [5, 5.41) is 11.5. The number of benzene rings is 3. The number of ketones is 1. The third kappa shape index (κ3) is 4.59. The lowest BCUT2D eigenvalue weighted by Crippen LogP contribution is -2.29. The summed E-state index contributed by atoms with van der Waals surface area (Å²) >= 11 is 0. The Morgan fingerprint density at radius 2 is 1.75 bits per heavy atom. The Kier molecular flexibility index (Phi) is 7.15. The zero-order valence-corrected chi connectivity index (χ0v) is 21.2. The number of ether oxygens (including phenoxy) is 2. The van der Waals surface area contributed by atoms with Gasteiger partial charge in [0.15, 0.2) is 0 Å². The molecule has 1 saturated heterocycles. The average Bonchev–Trinajstić information content (AvgIpc) is 3.14. The summed E-state index contributed by atoms with van der Waals surface area (Å²) in [6.45, 7) is 8.37. The number of methoxy groups -OCH3 is 1. The summed E-state index contributed by atoms with van der Waals surface area (Å²) in [5.74, 6) is -0.203. The molecule has 0 radical (unpaired) electrons. The second-order valence-electron chi connectivity index (χ2n) is 9.12. The van der Waals surface area contributed by atoms with Gasteiger partial charge < -0.3 is 14.6 Å². The van der Waals surface area contributed by atoms with Crippen molar-refractivity contribution in [3.8, 4) is 11.5 Å². The highest BCUT2D eigenvalue weighted by Crippen LogP contribution is 2.43. The number of hydrogen-bond acceptors (Lipinski definition) is 5. The first-order chi connectivity index (χ1) is 17.3. The minimum atomic E-state index is -0.822. The van der Waals surface area contributed by atoms with Crippen molar-refractivity contribution in [3.05, 3.63) is 94.6 Å². The minimum Gasteiger partial charge on any atom is -0.507 e. The Hall–Kier alpha value is -4.06. The van der Waals surface area contributed by atoms with Gasteiger partial charge in [0, 0.05) is 11.3 Å². The van der Waals surface area contributed by atoms with E-state index in [-0.39, 0.29) is 17.3 Å². The van der Waals surface area contributed by atoms with Crippen LogP contribution in [-0.4, -0.2) is 30.5 Å². The van der Waals surface area contributed by atoms with E-state index in [4.69, 9.17) is 9.47 Å². The molecule has 1 fully saturated rings. The largest absolute Gasteiger partial charge is 0.507 e. The van der Waals surface area contributed by atoms with E-state index >= 15 is 0 Å². The van der Waals surface area contributed by atoms with Crippen LogP contribution in [0, 0.1) is 6.92 Å². The number of aryl methyl sites for hydroxylation is 1. The van der Waals surface area contributed by atoms with Crippen LogP contribution in [-0.2, 0) is 9.59 Å². The fourth-order valence-electron chi connectivity index (χ4n) is 4.55. The van der Waals surface area contributed by atoms with Gasteiger partial charge in [-0.05, 0) is 73.4 Å². The van der Waals surface area contributed by atoms with E-state index in [9.17, 15) is 14.7 Å². The van der Waals surface area contributed by atoms with Crippen molar-refractivity contribution < 1.29 is 24.2 Å². The topological polar surface area (TPSA) is 76.1 Å². The molecule has 3 aromatic carbocycles. The fourth-order valence-corrected chi connectivity index (χ4v) is 4.55. The van der Waals surface area contributed by atoms with E-state index in [1.165, 1.54) is 4.90 Å². The van der Waals surface area contributed by atoms with Gasteiger partial charge >= 0.3 is 0 Å². The second-order valence-corrected chi connectivity index (χ2v) is 9.12. The number of nitrogens with zero attached hydrogens (tertiary/aromatic N) is 1. The molecule has 1 amide bonds. The predicted molar refractivity (Wildman–Crippen MR) is 141 cm³/mol. The van der Waals surface area contributed by atoms with Gasteiger partial charge in [0.05, 0.1) is 25.3 Å². The second kappa shape index (κ2) is 10.3. The smallest absolute Gasteiger partial charge is 0.300 e. The molecule has 0 spiro atoms. The molecule has 1 aliphatic heterocycles. The number of anilines is 1. The maximum Gasteiger partial charge on any atom is 0.300 e. The van der Waals surface area contributed by atoms with Crippen molar-refractivity contribution in [2.24, 2.45) is 0 Å². The highest BCUT2D eigenvalue weighted by molar-refractivity contribution is 6.51. The maximum absolute atomic E-state index is 13.4. The van der Waals surface area contributed by atoms with Crippen LogP contribution in [0.1, 0.15) is 55.0 Å². The van der Waals surface area contributed by atoms with E-state index in [1.54, 1.807) is 19.2 Å². The van der Waals surface area contributed by atoms with Gasteiger partial charge in [0.1, 0.15) is 17.3 Å². The molecule has 6 heteroatoms. The number of rotatable bonds is 7. The maximum atomic E-state index is 13.4. The highest BCUT2D eigenvalue weighted by atomic mass is 16.5. The molecular formula is C30H31NO5. The Balaban J connectivity index is 1.94. The lowest BCUT2D eigenvalue weighted by molar-refractivity contribution is -0.132. The van der Waals surface area contributed by atoms with Gasteiger partial charge in [0.25, 0.3) is 11.7 Å². The molecule has 4 rings (SSSR count). The number of aliphatic hydroxyl groups is 1. The van der Waals surface area contributed by atoms with E-state index < -0.39 is 17.7 Å². The number of aliphatic hydroxyl groups excluding tert-OH is 1. The first kappa shape index (κ1) is 25.0. The van der Waals surface area contributed by atoms with Gasteiger partial charge in [-0.15, -0.1) is 0 Å². The summed E-state index contributed by atoms with van der Waals surface area (Å²) in [4.78, 5) is 28.3. The molecule has 0 aromatic heterocycles. The van der Waals surface area contributed by atoms with Gasteiger partial charge in [0.2, 0.25) is 0 Å². The van der Waals surface area contributed by atoms with Crippen molar-refractivity contribution in [1.82, 2.24) is 0 Å². The van der Waals surface area contributed by atoms with Crippen molar-refractivity contribution >= 4 is 23.1 Å². The summed E-state index contributed by atoms with van der Waals surface area (Å²) in [6, 6.07) is 19.1. The van der Waals surface area contributed by atoms with Crippen LogP contribution >= 0.6 is 0 Å². The van der Waals surface area contributed by atoms with Crippen LogP contribution in [0.15, 0.2) is 72.3 Å². The van der Waals surface area contributed by atoms with Gasteiger partial charge in [-0.25, -0.2) is 0 Å². The van der Waals surface area contributed by atoms with Crippen molar-refractivity contribution in [1.29, 1.82) is 0 Å². The summed E-state index contributed by atoms with van der Waals surface area (Å²) in [7, 11) is 1.60. The fraction of sp³-hybridized carbons (Fsp3) is 0.267. The third-order valence-corrected chi connectivity index (χ3v) is 6.37. The lowest BCUT2D eigenvalue weighted by atomic mass is 9.93. The third-order valence-electron chi connectivity index (χ3n) is 6.37. The van der Waals surface area contributed by atoms with E-state index in [0.29, 0.717) is 34.9 Å². The number of Topliss-reactive ketones (excluding diaryl/α,β-unsaturated/α-hetero) is 1. The number of amides is 1. The van der Waals surface area contributed by atoms with Crippen LogP contribution in [0.5, 0.6) is 11.5 Å². The van der Waals surface area contributed by atoms with Gasteiger partial charge in [-0.1, -0.05) is 43.7 Å². The normalized spacial score (nSPS) is 17.1. The Morgan fingerprint density at radius 1 is 1.03 bits per heavy atom. The van der Waals surface area contributed by atoms with Crippen LogP contribution in [0.2, 0.25) is 0 Å². The predicted octanol–water partition coefficient (Wildman–Crippen LogP) is 6.15. The number of carbonyl (C=O) groups is 2. The molecule has 3 aromatic rings. The Morgan fingerprint density at radius 3 is 2.39 bits per heavy atom. The SMILES string of the molecule is CCOc1cccc(C2/C(=C(\O)c3ccc(OC)c(C(C)C)c3)C(=O)C(=O)N2c2ccc(C)cc2)c1. The van der Waals surface area contributed by atoms with Crippen LogP contribution in [0.3, 0.4) is 0 Å². The summed E-state index contributed by atoms with van der Waals surface area (Å²) in [6.07, 6.45) is 0. The van der Waals surface area contributed by atoms with Crippen LogP contribution in [0.4, 0.5) is 5.69 Å². The van der Waals surface area contributed by atoms with Crippen molar-refractivity contribution in [3.63, 3.8) is 0 Å². The zero-order valence-electron chi connectivity index (χ0n) is 21.2. The Bertz CT molecular complexity index is 1320.